The molecule has 1 aromatic heterocycles. The SMILES string of the molecule is CCCc1cc(N2C[C@H]3c4ccccc4OC[C@@]3(C(=O)O)C2)nc(C)n1. The molecule has 0 aliphatic carbocycles. The van der Waals surface area contributed by atoms with E-state index < -0.39 is 11.4 Å². The number of rotatable bonds is 4. The number of aliphatic carboxylic acids is 1. The Hall–Kier alpha value is -2.63. The summed E-state index contributed by atoms with van der Waals surface area (Å²) in [5, 5.41) is 10.0. The van der Waals surface area contributed by atoms with Crippen molar-refractivity contribution in [2.24, 2.45) is 5.41 Å². The average Bonchev–Trinajstić information content (AvgIpc) is 3.03. The smallest absolute Gasteiger partial charge is 0.315 e. The molecule has 0 spiro atoms. The van der Waals surface area contributed by atoms with Crippen LogP contribution in [0.4, 0.5) is 5.82 Å². The fourth-order valence-corrected chi connectivity index (χ4v) is 4.17. The molecule has 4 rings (SSSR count). The van der Waals surface area contributed by atoms with Crippen molar-refractivity contribution < 1.29 is 14.6 Å². The summed E-state index contributed by atoms with van der Waals surface area (Å²) in [6.07, 6.45) is 1.91. The van der Waals surface area contributed by atoms with Gasteiger partial charge in [0.25, 0.3) is 0 Å². The molecule has 1 aromatic carbocycles. The Morgan fingerprint density at radius 3 is 2.96 bits per heavy atom. The summed E-state index contributed by atoms with van der Waals surface area (Å²) in [7, 11) is 0. The number of anilines is 1. The highest BCUT2D eigenvalue weighted by molar-refractivity contribution is 5.80. The third kappa shape index (κ3) is 2.60. The van der Waals surface area contributed by atoms with Crippen LogP contribution in [0.5, 0.6) is 5.75 Å². The maximum Gasteiger partial charge on any atom is 0.315 e. The van der Waals surface area contributed by atoms with Crippen LogP contribution in [0.25, 0.3) is 0 Å². The molecule has 0 radical (unpaired) electrons. The second-order valence-corrected chi connectivity index (χ2v) is 7.24. The summed E-state index contributed by atoms with van der Waals surface area (Å²) in [5.74, 6) is 1.41. The van der Waals surface area contributed by atoms with Crippen molar-refractivity contribution in [1.29, 1.82) is 0 Å². The molecule has 6 heteroatoms. The van der Waals surface area contributed by atoms with Gasteiger partial charge in [-0.25, -0.2) is 9.97 Å². The van der Waals surface area contributed by atoms with Gasteiger partial charge in [-0.05, 0) is 19.4 Å². The molecule has 1 N–H and O–H groups in total. The Labute approximate surface area is 152 Å². The van der Waals surface area contributed by atoms with Crippen molar-refractivity contribution in [1.82, 2.24) is 9.97 Å². The number of fused-ring (bicyclic) bond motifs is 3. The fraction of sp³-hybridized carbons (Fsp3) is 0.450. The second-order valence-electron chi connectivity index (χ2n) is 7.24. The number of carbonyl (C=O) groups is 1. The van der Waals surface area contributed by atoms with Gasteiger partial charge in [0.2, 0.25) is 0 Å². The molecule has 136 valence electrons. The lowest BCUT2D eigenvalue weighted by Gasteiger charge is -2.35. The largest absolute Gasteiger partial charge is 0.492 e. The highest BCUT2D eigenvalue weighted by Gasteiger charge is 2.56. The quantitative estimate of drug-likeness (QED) is 0.911. The minimum atomic E-state index is -0.946. The summed E-state index contributed by atoms with van der Waals surface area (Å²) in [5.41, 5.74) is 1.03. The Morgan fingerprint density at radius 2 is 2.19 bits per heavy atom. The molecule has 2 aliphatic heterocycles. The van der Waals surface area contributed by atoms with Crippen LogP contribution in [0.2, 0.25) is 0 Å². The number of carboxylic acid groups (broad SMARTS) is 1. The molecule has 0 bridgehead atoms. The van der Waals surface area contributed by atoms with Crippen LogP contribution >= 0.6 is 0 Å². The lowest BCUT2D eigenvalue weighted by atomic mass is 9.73. The zero-order chi connectivity index (χ0) is 18.3. The molecule has 26 heavy (non-hydrogen) atoms. The van der Waals surface area contributed by atoms with Gasteiger partial charge in [0.15, 0.2) is 0 Å². The first kappa shape index (κ1) is 16.8. The van der Waals surface area contributed by atoms with Gasteiger partial charge in [0.1, 0.15) is 29.4 Å². The molecule has 2 aliphatic rings. The van der Waals surface area contributed by atoms with E-state index in [1.165, 1.54) is 0 Å². The van der Waals surface area contributed by atoms with Gasteiger partial charge in [-0.1, -0.05) is 31.5 Å². The van der Waals surface area contributed by atoms with Gasteiger partial charge in [0, 0.05) is 36.3 Å². The fourth-order valence-electron chi connectivity index (χ4n) is 4.17. The number of carboxylic acids is 1. The first-order valence-electron chi connectivity index (χ1n) is 9.08. The summed E-state index contributed by atoms with van der Waals surface area (Å²) in [6, 6.07) is 9.75. The third-order valence-electron chi connectivity index (χ3n) is 5.46. The topological polar surface area (TPSA) is 75.5 Å². The van der Waals surface area contributed by atoms with Crippen molar-refractivity contribution >= 4 is 11.8 Å². The second kappa shape index (κ2) is 6.27. The van der Waals surface area contributed by atoms with E-state index in [0.717, 1.165) is 41.5 Å². The van der Waals surface area contributed by atoms with Crippen LogP contribution in [0.3, 0.4) is 0 Å². The van der Waals surface area contributed by atoms with Crippen LogP contribution in [-0.4, -0.2) is 40.7 Å². The number of ether oxygens (including phenoxy) is 1. The molecule has 2 atom stereocenters. The Kier molecular flexibility index (Phi) is 4.05. The van der Waals surface area contributed by atoms with Gasteiger partial charge in [-0.2, -0.15) is 0 Å². The van der Waals surface area contributed by atoms with E-state index in [1.54, 1.807) is 0 Å². The minimum absolute atomic E-state index is 0.116. The first-order chi connectivity index (χ1) is 12.5. The number of hydrogen-bond acceptors (Lipinski definition) is 5. The molecular formula is C20H23N3O3. The van der Waals surface area contributed by atoms with Crippen molar-refractivity contribution in [2.45, 2.75) is 32.6 Å². The Balaban J connectivity index is 1.74. The van der Waals surface area contributed by atoms with Crippen molar-refractivity contribution in [3.8, 4) is 5.75 Å². The number of nitrogens with zero attached hydrogens (tertiary/aromatic N) is 3. The molecule has 1 fully saturated rings. The third-order valence-corrected chi connectivity index (χ3v) is 5.46. The average molecular weight is 353 g/mol. The number of aryl methyl sites for hydroxylation is 2. The lowest BCUT2D eigenvalue weighted by molar-refractivity contribution is -0.151. The Bertz CT molecular complexity index is 854. The summed E-state index contributed by atoms with van der Waals surface area (Å²) >= 11 is 0. The van der Waals surface area contributed by atoms with E-state index in [4.69, 9.17) is 4.74 Å². The monoisotopic (exact) mass is 353 g/mol. The predicted molar refractivity (Wildman–Crippen MR) is 97.7 cm³/mol. The number of para-hydroxylation sites is 1. The maximum absolute atomic E-state index is 12.2. The normalized spacial score (nSPS) is 23.9. The van der Waals surface area contributed by atoms with Gasteiger partial charge in [-0.15, -0.1) is 0 Å². The molecule has 0 saturated carbocycles. The lowest BCUT2D eigenvalue weighted by Crippen LogP contribution is -2.45. The number of aromatic nitrogens is 2. The maximum atomic E-state index is 12.2. The number of benzene rings is 1. The standard InChI is InChI=1S/C20H23N3O3/c1-3-6-14-9-18(22-13(2)21-14)23-10-16-15-7-4-5-8-17(15)26-12-20(16,11-23)19(24)25/h4-5,7-9,16H,3,6,10-12H2,1-2H3,(H,24,25)/t16-,20-/m0/s1. The minimum Gasteiger partial charge on any atom is -0.492 e. The van der Waals surface area contributed by atoms with E-state index in [2.05, 4.69) is 21.8 Å². The molecule has 3 heterocycles. The zero-order valence-corrected chi connectivity index (χ0v) is 15.1. The predicted octanol–water partition coefficient (Wildman–Crippen LogP) is 2.80. The van der Waals surface area contributed by atoms with Crippen molar-refractivity contribution in [3.63, 3.8) is 0 Å². The van der Waals surface area contributed by atoms with Crippen LogP contribution in [-0.2, 0) is 11.2 Å². The summed E-state index contributed by atoms with van der Waals surface area (Å²) < 4.78 is 5.83. The highest BCUT2D eigenvalue weighted by Crippen LogP contribution is 2.50. The Morgan fingerprint density at radius 1 is 1.38 bits per heavy atom. The van der Waals surface area contributed by atoms with Gasteiger partial charge < -0.3 is 14.7 Å². The molecule has 2 aromatic rings. The van der Waals surface area contributed by atoms with Gasteiger partial charge in [-0.3, -0.25) is 4.79 Å². The van der Waals surface area contributed by atoms with E-state index in [1.807, 2.05) is 37.3 Å². The van der Waals surface area contributed by atoms with Crippen LogP contribution in [0.15, 0.2) is 30.3 Å². The zero-order valence-electron chi connectivity index (χ0n) is 15.1. The van der Waals surface area contributed by atoms with Gasteiger partial charge >= 0.3 is 5.97 Å². The van der Waals surface area contributed by atoms with E-state index in [9.17, 15) is 9.90 Å². The first-order valence-corrected chi connectivity index (χ1v) is 9.08. The summed E-state index contributed by atoms with van der Waals surface area (Å²) in [4.78, 5) is 23.4. The van der Waals surface area contributed by atoms with Crippen molar-refractivity contribution in [2.75, 3.05) is 24.6 Å². The molecule has 0 unspecified atom stereocenters. The highest BCUT2D eigenvalue weighted by atomic mass is 16.5. The van der Waals surface area contributed by atoms with Crippen LogP contribution in [0, 0.1) is 12.3 Å². The van der Waals surface area contributed by atoms with E-state index in [-0.39, 0.29) is 12.5 Å². The number of hydrogen-bond donors (Lipinski definition) is 1. The molecule has 1 saturated heterocycles. The molecular weight excluding hydrogens is 330 g/mol. The van der Waals surface area contributed by atoms with Crippen LogP contribution < -0.4 is 9.64 Å². The van der Waals surface area contributed by atoms with E-state index in [0.29, 0.717) is 13.1 Å². The molecule has 6 nitrogen and oxygen atoms in total. The van der Waals surface area contributed by atoms with Crippen molar-refractivity contribution in [3.05, 3.63) is 47.4 Å². The molecule has 0 amide bonds. The summed E-state index contributed by atoms with van der Waals surface area (Å²) in [6.45, 7) is 5.21. The van der Waals surface area contributed by atoms with E-state index >= 15 is 0 Å². The van der Waals surface area contributed by atoms with Gasteiger partial charge in [0.05, 0.1) is 0 Å². The van der Waals surface area contributed by atoms with Crippen LogP contribution in [0.1, 0.15) is 36.3 Å².